The Balaban J connectivity index is 2.20. The molecule has 1 N–H and O–H groups in total. The Bertz CT molecular complexity index is 817. The molecule has 0 spiro atoms. The van der Waals surface area contributed by atoms with Crippen molar-refractivity contribution in [1.29, 1.82) is 0 Å². The number of fused-ring (bicyclic) bond motifs is 1. The predicted octanol–water partition coefficient (Wildman–Crippen LogP) is 3.72. The van der Waals surface area contributed by atoms with Gasteiger partial charge in [0.15, 0.2) is 0 Å². The van der Waals surface area contributed by atoms with Gasteiger partial charge in [0.2, 0.25) is 0 Å². The topological polar surface area (TPSA) is 55.1 Å². The first kappa shape index (κ1) is 13.8. The lowest BCUT2D eigenvalue weighted by atomic mass is 10.2. The van der Waals surface area contributed by atoms with Crippen LogP contribution >= 0.6 is 11.3 Å². The molecule has 3 aromatic rings. The van der Waals surface area contributed by atoms with Crippen LogP contribution in [0.15, 0.2) is 30.3 Å². The van der Waals surface area contributed by atoms with Gasteiger partial charge in [-0.3, -0.25) is 0 Å². The Hall–Kier alpha value is -2.14. The van der Waals surface area contributed by atoms with Gasteiger partial charge in [-0.2, -0.15) is 0 Å². The Morgan fingerprint density at radius 1 is 1.33 bits per heavy atom. The molecule has 0 aliphatic heterocycles. The van der Waals surface area contributed by atoms with Gasteiger partial charge in [-0.15, -0.1) is 11.3 Å². The van der Waals surface area contributed by atoms with Gasteiger partial charge in [0.1, 0.15) is 5.82 Å². The Labute approximate surface area is 126 Å². The van der Waals surface area contributed by atoms with Gasteiger partial charge in [0, 0.05) is 16.2 Å². The van der Waals surface area contributed by atoms with Gasteiger partial charge in [0.25, 0.3) is 0 Å². The predicted molar refractivity (Wildman–Crippen MR) is 84.2 cm³/mol. The molecule has 0 bridgehead atoms. The number of benzene rings is 1. The summed E-state index contributed by atoms with van der Waals surface area (Å²) in [6, 6.07) is 9.44. The highest BCUT2D eigenvalue weighted by molar-refractivity contribution is 7.11. The maximum absolute atomic E-state index is 11.5. The molecule has 0 unspecified atom stereocenters. The molecule has 4 nitrogen and oxygen atoms in total. The maximum Gasteiger partial charge on any atom is 0.337 e. The second-order valence-corrected chi connectivity index (χ2v) is 6.33. The van der Waals surface area contributed by atoms with Crippen molar-refractivity contribution in [2.24, 2.45) is 0 Å². The normalized spacial score (nSPS) is 11.1. The number of thiophene rings is 1. The van der Waals surface area contributed by atoms with Crippen LogP contribution in [0.2, 0.25) is 0 Å². The monoisotopic (exact) mass is 300 g/mol. The molecule has 0 saturated carbocycles. The van der Waals surface area contributed by atoms with Crippen LogP contribution in [0.3, 0.4) is 0 Å². The van der Waals surface area contributed by atoms with E-state index < -0.39 is 5.97 Å². The average Bonchev–Trinajstić information content (AvgIpc) is 3.03. The van der Waals surface area contributed by atoms with Crippen molar-refractivity contribution >= 4 is 28.3 Å². The Morgan fingerprint density at radius 2 is 2.14 bits per heavy atom. The number of rotatable bonds is 4. The molecule has 0 amide bonds. The van der Waals surface area contributed by atoms with E-state index in [1.54, 1.807) is 23.5 Å². The summed E-state index contributed by atoms with van der Waals surface area (Å²) < 4.78 is 2.03. The van der Waals surface area contributed by atoms with Crippen LogP contribution in [0.25, 0.3) is 11.0 Å². The van der Waals surface area contributed by atoms with Crippen molar-refractivity contribution in [2.75, 3.05) is 0 Å². The number of imidazole rings is 1. The van der Waals surface area contributed by atoms with Crippen molar-refractivity contribution in [3.05, 3.63) is 51.5 Å². The number of carboxylic acid groups (broad SMARTS) is 1. The molecule has 2 aromatic heterocycles. The molecule has 108 valence electrons. The fourth-order valence-corrected chi connectivity index (χ4v) is 3.45. The largest absolute Gasteiger partial charge is 0.478 e. The van der Waals surface area contributed by atoms with Gasteiger partial charge in [0.05, 0.1) is 23.1 Å². The first-order valence-corrected chi connectivity index (χ1v) is 7.68. The van der Waals surface area contributed by atoms with E-state index >= 15 is 0 Å². The third-order valence-corrected chi connectivity index (χ3v) is 4.49. The number of carboxylic acids is 1. The highest BCUT2D eigenvalue weighted by atomic mass is 32.1. The zero-order valence-corrected chi connectivity index (χ0v) is 12.8. The quantitative estimate of drug-likeness (QED) is 0.799. The maximum atomic E-state index is 11.5. The summed E-state index contributed by atoms with van der Waals surface area (Å²) >= 11 is 1.73. The molecule has 0 fully saturated rings. The molecule has 3 rings (SSSR count). The molecular weight excluding hydrogens is 284 g/mol. The number of hydrogen-bond donors (Lipinski definition) is 1. The molecule has 21 heavy (non-hydrogen) atoms. The van der Waals surface area contributed by atoms with Crippen molar-refractivity contribution in [3.63, 3.8) is 0 Å². The number of aryl methyl sites for hydroxylation is 2. The van der Waals surface area contributed by atoms with E-state index in [4.69, 9.17) is 0 Å². The SMILES string of the molecule is CCc1nc2cccc(C(=O)O)c2n1Cc1ccc(C)s1. The first-order chi connectivity index (χ1) is 10.1. The minimum Gasteiger partial charge on any atom is -0.478 e. The second kappa shape index (κ2) is 5.33. The average molecular weight is 300 g/mol. The summed E-state index contributed by atoms with van der Waals surface area (Å²) in [6.07, 6.45) is 0.776. The fourth-order valence-electron chi connectivity index (χ4n) is 2.57. The van der Waals surface area contributed by atoms with Crippen molar-refractivity contribution < 1.29 is 9.90 Å². The van der Waals surface area contributed by atoms with E-state index in [2.05, 4.69) is 24.0 Å². The third kappa shape index (κ3) is 2.45. The standard InChI is InChI=1S/C16H16N2O2S/c1-3-14-17-13-6-4-5-12(16(19)20)15(13)18(14)9-11-8-7-10(2)21-11/h4-8H,3,9H2,1-2H3,(H,19,20). The van der Waals surface area contributed by atoms with Gasteiger partial charge >= 0.3 is 5.97 Å². The van der Waals surface area contributed by atoms with E-state index in [-0.39, 0.29) is 0 Å². The Kier molecular flexibility index (Phi) is 3.51. The van der Waals surface area contributed by atoms with E-state index in [0.717, 1.165) is 17.8 Å². The lowest BCUT2D eigenvalue weighted by Gasteiger charge is -2.08. The molecule has 0 aliphatic rings. The van der Waals surface area contributed by atoms with Crippen LogP contribution in [-0.2, 0) is 13.0 Å². The smallest absolute Gasteiger partial charge is 0.337 e. The van der Waals surface area contributed by atoms with Crippen LogP contribution in [0.1, 0.15) is 32.9 Å². The summed E-state index contributed by atoms with van der Waals surface area (Å²) in [6.45, 7) is 4.78. The van der Waals surface area contributed by atoms with Crippen molar-refractivity contribution in [2.45, 2.75) is 26.8 Å². The van der Waals surface area contributed by atoms with E-state index in [1.165, 1.54) is 9.75 Å². The summed E-state index contributed by atoms with van der Waals surface area (Å²) in [5, 5.41) is 9.42. The van der Waals surface area contributed by atoms with E-state index in [0.29, 0.717) is 17.6 Å². The van der Waals surface area contributed by atoms with Crippen LogP contribution in [0, 0.1) is 6.92 Å². The highest BCUT2D eigenvalue weighted by Crippen LogP contribution is 2.24. The molecule has 1 aromatic carbocycles. The zero-order valence-electron chi connectivity index (χ0n) is 12.0. The van der Waals surface area contributed by atoms with Crippen LogP contribution in [0.4, 0.5) is 0 Å². The van der Waals surface area contributed by atoms with Crippen LogP contribution < -0.4 is 0 Å². The van der Waals surface area contributed by atoms with Gasteiger partial charge in [-0.05, 0) is 31.2 Å². The lowest BCUT2D eigenvalue weighted by Crippen LogP contribution is -2.07. The molecule has 0 saturated heterocycles. The van der Waals surface area contributed by atoms with Crippen molar-refractivity contribution in [1.82, 2.24) is 9.55 Å². The number of carbonyl (C=O) groups is 1. The minimum absolute atomic E-state index is 0.313. The number of para-hydroxylation sites is 1. The van der Waals surface area contributed by atoms with Gasteiger partial charge < -0.3 is 9.67 Å². The summed E-state index contributed by atoms with van der Waals surface area (Å²) in [5.74, 6) is 0.0107. The molecule has 2 heterocycles. The van der Waals surface area contributed by atoms with Crippen LogP contribution in [-0.4, -0.2) is 20.6 Å². The van der Waals surface area contributed by atoms with E-state index in [1.807, 2.05) is 17.6 Å². The molecule has 5 heteroatoms. The second-order valence-electron chi connectivity index (χ2n) is 4.96. The summed E-state index contributed by atoms with van der Waals surface area (Å²) in [4.78, 5) is 18.5. The fraction of sp³-hybridized carbons (Fsp3) is 0.250. The minimum atomic E-state index is -0.910. The highest BCUT2D eigenvalue weighted by Gasteiger charge is 2.17. The number of aromatic nitrogens is 2. The van der Waals surface area contributed by atoms with Crippen molar-refractivity contribution in [3.8, 4) is 0 Å². The number of nitrogens with zero attached hydrogens (tertiary/aromatic N) is 2. The molecule has 0 aliphatic carbocycles. The van der Waals surface area contributed by atoms with E-state index in [9.17, 15) is 9.90 Å². The number of hydrogen-bond acceptors (Lipinski definition) is 3. The number of aromatic carboxylic acids is 1. The lowest BCUT2D eigenvalue weighted by molar-refractivity contribution is 0.0698. The summed E-state index contributed by atoms with van der Waals surface area (Å²) in [7, 11) is 0. The first-order valence-electron chi connectivity index (χ1n) is 6.87. The third-order valence-electron chi connectivity index (χ3n) is 3.50. The molecular formula is C16H16N2O2S. The molecule has 0 atom stereocenters. The summed E-state index contributed by atoms with van der Waals surface area (Å²) in [5.41, 5.74) is 1.78. The zero-order chi connectivity index (χ0) is 15.0. The van der Waals surface area contributed by atoms with Gasteiger partial charge in [-0.1, -0.05) is 13.0 Å². The molecule has 0 radical (unpaired) electrons. The Morgan fingerprint density at radius 3 is 2.76 bits per heavy atom. The van der Waals surface area contributed by atoms with Gasteiger partial charge in [-0.25, -0.2) is 9.78 Å². The van der Waals surface area contributed by atoms with Crippen LogP contribution in [0.5, 0.6) is 0 Å².